The second kappa shape index (κ2) is 8.00. The lowest BCUT2D eigenvalue weighted by molar-refractivity contribution is -0.116. The highest BCUT2D eigenvalue weighted by Gasteiger charge is 2.24. The van der Waals surface area contributed by atoms with E-state index in [9.17, 15) is 9.59 Å². The Morgan fingerprint density at radius 3 is 2.50 bits per heavy atom. The number of rotatable bonds is 5. The van der Waals surface area contributed by atoms with E-state index in [2.05, 4.69) is 15.1 Å². The monoisotopic (exact) mass is 417 g/mol. The molecular formula is C19H23N5O2S2. The molecule has 0 aliphatic carbocycles. The number of fused-ring (bicyclic) bond motifs is 1. The molecule has 0 saturated heterocycles. The molecule has 2 aromatic heterocycles. The van der Waals surface area contributed by atoms with E-state index in [4.69, 9.17) is 0 Å². The van der Waals surface area contributed by atoms with Gasteiger partial charge in [0.2, 0.25) is 10.9 Å². The van der Waals surface area contributed by atoms with Crippen LogP contribution < -0.4 is 10.6 Å². The molecule has 3 aromatic rings. The molecule has 148 valence electrons. The number of thioether (sulfide) groups is 1. The van der Waals surface area contributed by atoms with Gasteiger partial charge in [-0.1, -0.05) is 62.1 Å². The van der Waals surface area contributed by atoms with Crippen LogP contribution in [-0.2, 0) is 10.2 Å². The highest BCUT2D eigenvalue weighted by Crippen LogP contribution is 2.28. The largest absolute Gasteiger partial charge is 0.371 e. The topological polar surface area (TPSA) is 80.5 Å². The molecule has 0 radical (unpaired) electrons. The highest BCUT2D eigenvalue weighted by atomic mass is 32.2. The van der Waals surface area contributed by atoms with Crippen molar-refractivity contribution in [1.82, 2.24) is 19.6 Å². The lowest BCUT2D eigenvalue weighted by atomic mass is 9.96. The van der Waals surface area contributed by atoms with Crippen molar-refractivity contribution >= 4 is 39.7 Å². The summed E-state index contributed by atoms with van der Waals surface area (Å²) >= 11 is 2.64. The summed E-state index contributed by atoms with van der Waals surface area (Å²) < 4.78 is 2.28. The van der Waals surface area contributed by atoms with Crippen molar-refractivity contribution in [2.75, 3.05) is 10.7 Å². The third kappa shape index (κ3) is 4.41. The minimum atomic E-state index is -0.517. The Bertz CT molecular complexity index is 1040. The Kier molecular flexibility index (Phi) is 5.85. The lowest BCUT2D eigenvalue weighted by Gasteiger charge is -2.26. The van der Waals surface area contributed by atoms with Crippen molar-refractivity contribution in [3.05, 3.63) is 46.6 Å². The normalized spacial score (nSPS) is 11.9. The summed E-state index contributed by atoms with van der Waals surface area (Å²) in [5.74, 6) is 0.808. The molecule has 0 spiro atoms. The standard InChI is InChI=1S/C19H23N5O2S2/c1-12(2)23(13-9-7-6-8-10-13)14(25)11-27-18-22-24-15(19(3,4)5)20-16(26)21-17(24)28-18/h6-10,12H,11H2,1-5H3. The molecule has 3 rings (SSSR count). The van der Waals surface area contributed by atoms with E-state index in [0.29, 0.717) is 15.1 Å². The van der Waals surface area contributed by atoms with Crippen molar-refractivity contribution in [3.8, 4) is 0 Å². The number of para-hydroxylation sites is 1. The molecule has 0 N–H and O–H groups in total. The van der Waals surface area contributed by atoms with Gasteiger partial charge in [0.05, 0.1) is 5.75 Å². The van der Waals surface area contributed by atoms with Gasteiger partial charge in [0.15, 0.2) is 4.34 Å². The number of hydrogen-bond donors (Lipinski definition) is 0. The maximum absolute atomic E-state index is 12.9. The van der Waals surface area contributed by atoms with Crippen LogP contribution in [0, 0.1) is 0 Å². The molecule has 7 nitrogen and oxygen atoms in total. The Hall–Kier alpha value is -2.26. The number of hydrogen-bond acceptors (Lipinski definition) is 7. The maximum atomic E-state index is 12.9. The molecule has 1 aromatic carbocycles. The fourth-order valence-electron chi connectivity index (χ4n) is 2.77. The van der Waals surface area contributed by atoms with E-state index < -0.39 is 5.69 Å². The third-order valence-electron chi connectivity index (χ3n) is 3.94. The molecule has 0 bridgehead atoms. The van der Waals surface area contributed by atoms with Gasteiger partial charge in [0, 0.05) is 17.1 Å². The first-order valence-corrected chi connectivity index (χ1v) is 10.8. The zero-order valence-corrected chi connectivity index (χ0v) is 18.2. The summed E-state index contributed by atoms with van der Waals surface area (Å²) in [6.45, 7) is 9.89. The number of carbonyl (C=O) groups excluding carboxylic acids is 1. The van der Waals surface area contributed by atoms with Gasteiger partial charge in [-0.3, -0.25) is 4.79 Å². The SMILES string of the molecule is CC(C)N(C(=O)CSc1nn2c(C(C)(C)C)nc(=O)nc2s1)c1ccccc1. The number of benzene rings is 1. The highest BCUT2D eigenvalue weighted by molar-refractivity contribution is 8.01. The Balaban J connectivity index is 1.83. The van der Waals surface area contributed by atoms with E-state index in [1.165, 1.54) is 23.1 Å². The van der Waals surface area contributed by atoms with E-state index in [1.54, 1.807) is 9.42 Å². The summed E-state index contributed by atoms with van der Waals surface area (Å²) in [6, 6.07) is 9.67. The molecule has 0 atom stereocenters. The van der Waals surface area contributed by atoms with Gasteiger partial charge in [0.25, 0.3) is 0 Å². The molecular weight excluding hydrogens is 394 g/mol. The molecule has 1 amide bonds. The van der Waals surface area contributed by atoms with E-state index >= 15 is 0 Å². The van der Waals surface area contributed by atoms with Crippen LogP contribution in [0.1, 0.15) is 40.4 Å². The van der Waals surface area contributed by atoms with Crippen molar-refractivity contribution in [2.24, 2.45) is 0 Å². The van der Waals surface area contributed by atoms with Gasteiger partial charge in [-0.25, -0.2) is 4.79 Å². The fourth-order valence-corrected chi connectivity index (χ4v) is 4.55. The van der Waals surface area contributed by atoms with E-state index in [0.717, 1.165) is 5.69 Å². The van der Waals surface area contributed by atoms with Crippen molar-refractivity contribution in [1.29, 1.82) is 0 Å². The summed E-state index contributed by atoms with van der Waals surface area (Å²) in [6.07, 6.45) is 0. The van der Waals surface area contributed by atoms with Crippen LogP contribution in [0.25, 0.3) is 4.96 Å². The number of amides is 1. The molecule has 0 aliphatic rings. The number of anilines is 1. The fraction of sp³-hybridized carbons (Fsp3) is 0.421. The summed E-state index contributed by atoms with van der Waals surface area (Å²) in [5.41, 5.74) is 0.00779. The van der Waals surface area contributed by atoms with Crippen molar-refractivity contribution in [2.45, 2.75) is 50.4 Å². The predicted molar refractivity (Wildman–Crippen MR) is 113 cm³/mol. The van der Waals surface area contributed by atoms with Crippen molar-refractivity contribution < 1.29 is 4.79 Å². The first-order chi connectivity index (χ1) is 13.2. The minimum Gasteiger partial charge on any atom is -0.309 e. The Labute approximate surface area is 171 Å². The zero-order valence-electron chi connectivity index (χ0n) is 16.5. The molecule has 2 heterocycles. The number of nitrogens with zero attached hydrogens (tertiary/aromatic N) is 5. The molecule has 0 fully saturated rings. The average Bonchev–Trinajstić information content (AvgIpc) is 3.01. The Morgan fingerprint density at radius 1 is 1.21 bits per heavy atom. The first-order valence-electron chi connectivity index (χ1n) is 8.95. The van der Waals surface area contributed by atoms with Crippen molar-refractivity contribution in [3.63, 3.8) is 0 Å². The molecule has 28 heavy (non-hydrogen) atoms. The second-order valence-electron chi connectivity index (χ2n) is 7.62. The van der Waals surface area contributed by atoms with E-state index in [-0.39, 0.29) is 23.1 Å². The summed E-state index contributed by atoms with van der Waals surface area (Å²) in [5, 5.41) is 4.53. The van der Waals surface area contributed by atoms with Gasteiger partial charge in [0.1, 0.15) is 5.82 Å². The van der Waals surface area contributed by atoms with Gasteiger partial charge >= 0.3 is 5.69 Å². The van der Waals surface area contributed by atoms with Gasteiger partial charge < -0.3 is 4.90 Å². The first kappa shape index (κ1) is 20.5. The third-order valence-corrected chi connectivity index (χ3v) is 5.97. The summed E-state index contributed by atoms with van der Waals surface area (Å²) in [7, 11) is 0. The quantitative estimate of drug-likeness (QED) is 0.592. The van der Waals surface area contributed by atoms with Crippen LogP contribution in [0.5, 0.6) is 0 Å². The van der Waals surface area contributed by atoms with Crippen LogP contribution in [0.4, 0.5) is 5.69 Å². The molecule has 9 heteroatoms. The lowest BCUT2D eigenvalue weighted by Crippen LogP contribution is -2.38. The number of carbonyl (C=O) groups is 1. The van der Waals surface area contributed by atoms with Gasteiger partial charge in [-0.15, -0.1) is 5.10 Å². The Morgan fingerprint density at radius 2 is 1.89 bits per heavy atom. The van der Waals surface area contributed by atoms with Crippen LogP contribution >= 0.6 is 23.1 Å². The predicted octanol–water partition coefficient (Wildman–Crippen LogP) is 3.38. The average molecular weight is 418 g/mol. The zero-order chi connectivity index (χ0) is 20.5. The van der Waals surface area contributed by atoms with Gasteiger partial charge in [-0.05, 0) is 26.0 Å². The number of aromatic nitrogens is 4. The summed E-state index contributed by atoms with van der Waals surface area (Å²) in [4.78, 5) is 34.9. The molecule has 0 unspecified atom stereocenters. The smallest absolute Gasteiger partial charge is 0.309 e. The van der Waals surface area contributed by atoms with Crippen LogP contribution in [0.2, 0.25) is 0 Å². The van der Waals surface area contributed by atoms with Crippen LogP contribution in [0.15, 0.2) is 39.5 Å². The molecule has 0 saturated carbocycles. The van der Waals surface area contributed by atoms with Gasteiger partial charge in [-0.2, -0.15) is 14.5 Å². The van der Waals surface area contributed by atoms with Crippen LogP contribution in [-0.4, -0.2) is 37.3 Å². The minimum absolute atomic E-state index is 0.00194. The van der Waals surface area contributed by atoms with E-state index in [1.807, 2.05) is 65.0 Å². The molecule has 0 aliphatic heterocycles. The second-order valence-corrected chi connectivity index (χ2v) is 9.80. The van der Waals surface area contributed by atoms with Crippen LogP contribution in [0.3, 0.4) is 0 Å². The maximum Gasteiger partial charge on any atom is 0.371 e.